The van der Waals surface area contributed by atoms with Crippen LogP contribution in [0.4, 0.5) is 4.39 Å². The Kier molecular flexibility index (Phi) is 6.09. The zero-order chi connectivity index (χ0) is 13.5. The quantitative estimate of drug-likeness (QED) is 0.811. The first-order valence-electron chi connectivity index (χ1n) is 6.27. The summed E-state index contributed by atoms with van der Waals surface area (Å²) >= 11 is 0. The highest BCUT2D eigenvalue weighted by Gasteiger charge is 2.08. The van der Waals surface area contributed by atoms with Crippen molar-refractivity contribution in [2.45, 2.75) is 19.9 Å². The van der Waals surface area contributed by atoms with E-state index in [4.69, 9.17) is 10.5 Å². The lowest BCUT2D eigenvalue weighted by Crippen LogP contribution is -2.25. The van der Waals surface area contributed by atoms with Crippen molar-refractivity contribution in [1.82, 2.24) is 4.90 Å². The van der Waals surface area contributed by atoms with Crippen LogP contribution in [0.2, 0.25) is 0 Å². The molecule has 0 fully saturated rings. The summed E-state index contributed by atoms with van der Waals surface area (Å²) in [4.78, 5) is 2.18. The Labute approximate surface area is 109 Å². The third-order valence-electron chi connectivity index (χ3n) is 2.95. The van der Waals surface area contributed by atoms with Crippen LogP contribution >= 0.6 is 0 Å². The third-order valence-corrected chi connectivity index (χ3v) is 2.95. The van der Waals surface area contributed by atoms with Gasteiger partial charge in [-0.2, -0.15) is 0 Å². The van der Waals surface area contributed by atoms with E-state index in [1.807, 2.05) is 13.1 Å². The van der Waals surface area contributed by atoms with Gasteiger partial charge in [0.05, 0.1) is 7.11 Å². The lowest BCUT2D eigenvalue weighted by Gasteiger charge is -2.21. The lowest BCUT2D eigenvalue weighted by atomic mass is 10.1. The van der Waals surface area contributed by atoms with Gasteiger partial charge in [-0.3, -0.25) is 0 Å². The van der Waals surface area contributed by atoms with Crippen molar-refractivity contribution >= 4 is 0 Å². The van der Waals surface area contributed by atoms with E-state index in [1.54, 1.807) is 6.07 Å². The Morgan fingerprint density at radius 3 is 2.72 bits per heavy atom. The summed E-state index contributed by atoms with van der Waals surface area (Å²) in [6.07, 6.45) is 1.02. The number of nitrogens with two attached hydrogens (primary N) is 1. The maximum atomic E-state index is 13.5. The van der Waals surface area contributed by atoms with Gasteiger partial charge in [0.1, 0.15) is 0 Å². The van der Waals surface area contributed by atoms with E-state index in [2.05, 4.69) is 11.8 Å². The Morgan fingerprint density at radius 2 is 2.17 bits per heavy atom. The van der Waals surface area contributed by atoms with E-state index in [0.29, 0.717) is 12.5 Å². The SMILES string of the molecule is COc1ccc(CN(C)CC(C)CCN)cc1F. The topological polar surface area (TPSA) is 38.5 Å². The number of nitrogens with zero attached hydrogens (tertiary/aromatic N) is 1. The summed E-state index contributed by atoms with van der Waals surface area (Å²) in [6.45, 7) is 4.59. The van der Waals surface area contributed by atoms with Crippen LogP contribution in [0.15, 0.2) is 18.2 Å². The van der Waals surface area contributed by atoms with Gasteiger partial charge in [-0.15, -0.1) is 0 Å². The highest BCUT2D eigenvalue weighted by molar-refractivity contribution is 5.29. The average molecular weight is 254 g/mol. The fourth-order valence-electron chi connectivity index (χ4n) is 2.09. The Bertz CT molecular complexity index is 371. The molecular weight excluding hydrogens is 231 g/mol. The largest absolute Gasteiger partial charge is 0.494 e. The first kappa shape index (κ1) is 14.9. The van der Waals surface area contributed by atoms with Gasteiger partial charge >= 0.3 is 0 Å². The minimum Gasteiger partial charge on any atom is -0.494 e. The summed E-state index contributed by atoms with van der Waals surface area (Å²) in [5.74, 6) is 0.541. The fraction of sp³-hybridized carbons (Fsp3) is 0.571. The van der Waals surface area contributed by atoms with E-state index in [0.717, 1.165) is 25.1 Å². The van der Waals surface area contributed by atoms with Crippen LogP contribution in [-0.2, 0) is 6.54 Å². The van der Waals surface area contributed by atoms with Crippen molar-refractivity contribution in [1.29, 1.82) is 0 Å². The second-order valence-electron chi connectivity index (χ2n) is 4.85. The number of halogens is 1. The first-order valence-corrected chi connectivity index (χ1v) is 6.27. The van der Waals surface area contributed by atoms with Gasteiger partial charge in [-0.1, -0.05) is 13.0 Å². The molecule has 1 aromatic carbocycles. The maximum absolute atomic E-state index is 13.5. The molecule has 0 saturated heterocycles. The fourth-order valence-corrected chi connectivity index (χ4v) is 2.09. The molecule has 0 heterocycles. The summed E-state index contributed by atoms with van der Waals surface area (Å²) in [6, 6.07) is 5.09. The molecule has 0 saturated carbocycles. The number of rotatable bonds is 7. The highest BCUT2D eigenvalue weighted by atomic mass is 19.1. The zero-order valence-corrected chi connectivity index (χ0v) is 11.4. The standard InChI is InChI=1S/C14H23FN2O/c1-11(6-7-16)9-17(2)10-12-4-5-14(18-3)13(15)8-12/h4-5,8,11H,6-7,9-10,16H2,1-3H3. The molecule has 0 bridgehead atoms. The molecule has 1 rings (SSSR count). The highest BCUT2D eigenvalue weighted by Crippen LogP contribution is 2.18. The maximum Gasteiger partial charge on any atom is 0.165 e. The van der Waals surface area contributed by atoms with Gasteiger partial charge in [0.2, 0.25) is 0 Å². The number of hydrogen-bond acceptors (Lipinski definition) is 3. The van der Waals surface area contributed by atoms with Crippen LogP contribution in [0.1, 0.15) is 18.9 Å². The smallest absolute Gasteiger partial charge is 0.165 e. The van der Waals surface area contributed by atoms with Crippen molar-refractivity contribution in [2.75, 3.05) is 27.2 Å². The number of ether oxygens (including phenoxy) is 1. The second-order valence-corrected chi connectivity index (χ2v) is 4.85. The van der Waals surface area contributed by atoms with Crippen LogP contribution in [-0.4, -0.2) is 32.1 Å². The van der Waals surface area contributed by atoms with Crippen LogP contribution in [0, 0.1) is 11.7 Å². The van der Waals surface area contributed by atoms with Crippen molar-refractivity contribution in [2.24, 2.45) is 11.7 Å². The molecule has 0 aliphatic carbocycles. The summed E-state index contributed by atoms with van der Waals surface area (Å²) in [5.41, 5.74) is 6.48. The molecule has 0 aliphatic heterocycles. The average Bonchev–Trinajstić information content (AvgIpc) is 2.29. The number of benzene rings is 1. The first-order chi connectivity index (χ1) is 8.56. The van der Waals surface area contributed by atoms with E-state index in [9.17, 15) is 4.39 Å². The molecule has 102 valence electrons. The predicted molar refractivity (Wildman–Crippen MR) is 72.1 cm³/mol. The van der Waals surface area contributed by atoms with E-state index in [1.165, 1.54) is 13.2 Å². The van der Waals surface area contributed by atoms with Crippen molar-refractivity contribution in [3.63, 3.8) is 0 Å². The van der Waals surface area contributed by atoms with E-state index < -0.39 is 0 Å². The van der Waals surface area contributed by atoms with E-state index >= 15 is 0 Å². The van der Waals surface area contributed by atoms with E-state index in [-0.39, 0.29) is 11.6 Å². The Morgan fingerprint density at radius 1 is 1.44 bits per heavy atom. The molecule has 2 N–H and O–H groups in total. The molecule has 0 amide bonds. The third kappa shape index (κ3) is 4.63. The van der Waals surface area contributed by atoms with Gasteiger partial charge < -0.3 is 15.4 Å². The molecule has 0 aromatic heterocycles. The van der Waals surface area contributed by atoms with Gasteiger partial charge in [-0.05, 0) is 43.6 Å². The van der Waals surface area contributed by atoms with Crippen LogP contribution in [0.5, 0.6) is 5.75 Å². The summed E-state index contributed by atoms with van der Waals surface area (Å²) in [7, 11) is 3.51. The Hall–Kier alpha value is -1.13. The van der Waals surface area contributed by atoms with Crippen LogP contribution in [0.3, 0.4) is 0 Å². The molecule has 3 nitrogen and oxygen atoms in total. The van der Waals surface area contributed by atoms with Crippen molar-refractivity contribution in [3.8, 4) is 5.75 Å². The van der Waals surface area contributed by atoms with Gasteiger partial charge in [-0.25, -0.2) is 4.39 Å². The normalized spacial score (nSPS) is 12.8. The lowest BCUT2D eigenvalue weighted by molar-refractivity contribution is 0.272. The zero-order valence-electron chi connectivity index (χ0n) is 11.4. The Balaban J connectivity index is 2.54. The summed E-state index contributed by atoms with van der Waals surface area (Å²) in [5, 5.41) is 0. The second kappa shape index (κ2) is 7.34. The van der Waals surface area contributed by atoms with Crippen molar-refractivity contribution in [3.05, 3.63) is 29.6 Å². The molecule has 1 aromatic rings. The van der Waals surface area contributed by atoms with Crippen LogP contribution < -0.4 is 10.5 Å². The molecule has 0 radical (unpaired) electrons. The molecule has 1 unspecified atom stereocenters. The number of methoxy groups -OCH3 is 1. The molecule has 4 heteroatoms. The molecule has 0 aliphatic rings. The minimum atomic E-state index is -0.307. The number of hydrogen-bond donors (Lipinski definition) is 1. The van der Waals surface area contributed by atoms with Crippen molar-refractivity contribution < 1.29 is 9.13 Å². The monoisotopic (exact) mass is 254 g/mol. The predicted octanol–water partition coefficient (Wildman–Crippen LogP) is 2.25. The van der Waals surface area contributed by atoms with Gasteiger partial charge in [0.15, 0.2) is 11.6 Å². The summed E-state index contributed by atoms with van der Waals surface area (Å²) < 4.78 is 18.4. The van der Waals surface area contributed by atoms with Gasteiger partial charge in [0, 0.05) is 13.1 Å². The molecule has 0 spiro atoms. The molecule has 18 heavy (non-hydrogen) atoms. The molecular formula is C14H23FN2O. The molecule has 1 atom stereocenters. The van der Waals surface area contributed by atoms with Crippen LogP contribution in [0.25, 0.3) is 0 Å². The van der Waals surface area contributed by atoms with Gasteiger partial charge in [0.25, 0.3) is 0 Å². The minimum absolute atomic E-state index is 0.290.